The molecular weight excluding hydrogens is 342 g/mol. The van der Waals surface area contributed by atoms with Gasteiger partial charge >= 0.3 is 0 Å². The van der Waals surface area contributed by atoms with Crippen LogP contribution < -0.4 is 0 Å². The Kier molecular flexibility index (Phi) is 3.33. The Morgan fingerprint density at radius 2 is 1.96 bits per heavy atom. The maximum atomic E-state index is 12.0. The first kappa shape index (κ1) is 17.6. The van der Waals surface area contributed by atoms with E-state index in [0.29, 0.717) is 18.4 Å². The van der Waals surface area contributed by atoms with Gasteiger partial charge in [0, 0.05) is 49.3 Å². The Bertz CT molecular complexity index is 673. The van der Waals surface area contributed by atoms with Crippen molar-refractivity contribution in [1.82, 2.24) is 4.90 Å². The highest BCUT2D eigenvalue weighted by atomic mass is 16.5. The normalized spacial score (nSPS) is 66.2. The highest BCUT2D eigenvalue weighted by Gasteiger charge is 2.82. The number of rotatable bonds is 2. The molecule has 12 atom stereocenters. The summed E-state index contributed by atoms with van der Waals surface area (Å²) >= 11 is 0. The highest BCUT2D eigenvalue weighted by molar-refractivity contribution is 5.32. The lowest BCUT2D eigenvalue weighted by molar-refractivity contribution is -0.269. The number of likely N-dealkylation sites (tertiary alicyclic amines) is 1. The van der Waals surface area contributed by atoms with Crippen LogP contribution in [0.2, 0.25) is 0 Å². The van der Waals surface area contributed by atoms with Gasteiger partial charge in [-0.25, -0.2) is 0 Å². The summed E-state index contributed by atoms with van der Waals surface area (Å²) in [6.45, 7) is 6.85. The van der Waals surface area contributed by atoms with E-state index in [0.717, 1.165) is 32.4 Å². The Labute approximate surface area is 162 Å². The number of hydrogen-bond acceptors (Lipinski definition) is 5. The summed E-state index contributed by atoms with van der Waals surface area (Å²) in [6.07, 6.45) is 3.68. The number of hydrogen-bond donors (Lipinski definition) is 3. The minimum atomic E-state index is -0.930. The number of nitrogens with zero attached hydrogens (tertiary/aromatic N) is 1. The van der Waals surface area contributed by atoms with Crippen LogP contribution >= 0.6 is 0 Å². The van der Waals surface area contributed by atoms with Crippen LogP contribution in [0.15, 0.2) is 0 Å². The fourth-order valence-corrected chi connectivity index (χ4v) is 10.1. The van der Waals surface area contributed by atoms with Gasteiger partial charge in [0.2, 0.25) is 0 Å². The fraction of sp³-hybridized carbons (Fsp3) is 1.00. The first-order valence-corrected chi connectivity index (χ1v) is 11.2. The van der Waals surface area contributed by atoms with Gasteiger partial charge in [0.15, 0.2) is 0 Å². The molecule has 3 N–H and O–H groups in total. The molecule has 1 spiro atoms. The van der Waals surface area contributed by atoms with Gasteiger partial charge in [0.1, 0.15) is 0 Å². The Morgan fingerprint density at radius 3 is 2.67 bits per heavy atom. The molecule has 0 unspecified atom stereocenters. The predicted octanol–water partition coefficient (Wildman–Crippen LogP) is 1.25. The Morgan fingerprint density at radius 1 is 1.19 bits per heavy atom. The van der Waals surface area contributed by atoms with Crippen LogP contribution in [0.5, 0.6) is 0 Å². The van der Waals surface area contributed by atoms with Gasteiger partial charge in [0.25, 0.3) is 0 Å². The molecule has 27 heavy (non-hydrogen) atoms. The van der Waals surface area contributed by atoms with Crippen molar-refractivity contribution < 1.29 is 20.1 Å². The molecule has 6 rings (SSSR count). The molecule has 5 aliphatic carbocycles. The lowest BCUT2D eigenvalue weighted by Crippen LogP contribution is -2.75. The van der Waals surface area contributed by atoms with Crippen LogP contribution in [0.3, 0.4) is 0 Å². The van der Waals surface area contributed by atoms with E-state index in [1.807, 2.05) is 7.11 Å². The number of piperidine rings is 1. The molecule has 0 radical (unpaired) electrons. The zero-order chi connectivity index (χ0) is 18.9. The van der Waals surface area contributed by atoms with Crippen molar-refractivity contribution in [3.63, 3.8) is 0 Å². The average Bonchev–Trinajstić information content (AvgIpc) is 3.06. The zero-order valence-electron chi connectivity index (χ0n) is 16.8. The molecule has 1 aliphatic heterocycles. The fourth-order valence-electron chi connectivity index (χ4n) is 10.1. The Hall–Kier alpha value is -0.200. The summed E-state index contributed by atoms with van der Waals surface area (Å²) in [5.74, 6) is 0.797. The van der Waals surface area contributed by atoms with Crippen LogP contribution in [0.4, 0.5) is 0 Å². The first-order chi connectivity index (χ1) is 12.8. The molecular formula is C22H35NO4. The molecule has 5 nitrogen and oxygen atoms in total. The standard InChI is InChI=1S/C22H35NO4/c1-4-23-10-20(2)6-5-16(27-3)22-12-7-11-14(24)9-21(26,17(12)18(11)25)13(19(22)23)8-15(20)22/h11-19,24-26H,4-10H2,1-3H3/t11-,12-,13+,14+,15-,16+,17-,18+,19-,20+,21+,22-/m1/s1. The lowest BCUT2D eigenvalue weighted by Gasteiger charge is -2.69. The van der Waals surface area contributed by atoms with Crippen molar-refractivity contribution >= 4 is 0 Å². The van der Waals surface area contributed by atoms with E-state index >= 15 is 0 Å². The second-order valence-corrected chi connectivity index (χ2v) is 11.1. The van der Waals surface area contributed by atoms with Crippen LogP contribution in [0, 0.1) is 40.4 Å². The first-order valence-electron chi connectivity index (χ1n) is 11.2. The van der Waals surface area contributed by atoms with Gasteiger partial charge < -0.3 is 20.1 Å². The molecule has 7 bridgehead atoms. The number of aliphatic hydroxyl groups excluding tert-OH is 2. The largest absolute Gasteiger partial charge is 0.393 e. The monoisotopic (exact) mass is 377 g/mol. The van der Waals surface area contributed by atoms with E-state index in [4.69, 9.17) is 4.74 Å². The van der Waals surface area contributed by atoms with Crippen LogP contribution in [-0.2, 0) is 4.74 Å². The third kappa shape index (κ3) is 1.66. The van der Waals surface area contributed by atoms with Crippen LogP contribution in [0.25, 0.3) is 0 Å². The third-order valence-electron chi connectivity index (χ3n) is 10.7. The molecule has 1 heterocycles. The van der Waals surface area contributed by atoms with Gasteiger partial charge in [0.05, 0.1) is 23.9 Å². The molecule has 5 heteroatoms. The highest BCUT2D eigenvalue weighted by Crippen LogP contribution is 2.78. The minimum absolute atomic E-state index is 0.0252. The van der Waals surface area contributed by atoms with E-state index in [-0.39, 0.29) is 40.6 Å². The van der Waals surface area contributed by atoms with Gasteiger partial charge in [-0.05, 0) is 49.5 Å². The molecule has 1 saturated heterocycles. The second kappa shape index (κ2) is 5.10. The van der Waals surface area contributed by atoms with Gasteiger partial charge in [-0.15, -0.1) is 0 Å². The van der Waals surface area contributed by atoms with Crippen molar-refractivity contribution in [1.29, 1.82) is 0 Å². The summed E-state index contributed by atoms with van der Waals surface area (Å²) in [5, 5.41) is 34.0. The molecule has 0 aromatic rings. The Balaban J connectivity index is 1.61. The van der Waals surface area contributed by atoms with Crippen LogP contribution in [0.1, 0.15) is 46.0 Å². The summed E-state index contributed by atoms with van der Waals surface area (Å²) in [6, 6.07) is 0.327. The smallest absolute Gasteiger partial charge is 0.0771 e. The van der Waals surface area contributed by atoms with Crippen molar-refractivity contribution in [2.75, 3.05) is 20.2 Å². The molecule has 0 aromatic heterocycles. The van der Waals surface area contributed by atoms with Gasteiger partial charge in [-0.1, -0.05) is 13.8 Å². The molecule has 6 aliphatic rings. The van der Waals surface area contributed by atoms with E-state index in [9.17, 15) is 15.3 Å². The predicted molar refractivity (Wildman–Crippen MR) is 99.9 cm³/mol. The summed E-state index contributed by atoms with van der Waals surface area (Å²) in [4.78, 5) is 2.65. The maximum Gasteiger partial charge on any atom is 0.0771 e. The minimum Gasteiger partial charge on any atom is -0.393 e. The molecule has 0 aromatic carbocycles. The molecule has 152 valence electrons. The molecule has 0 amide bonds. The van der Waals surface area contributed by atoms with E-state index in [1.54, 1.807) is 0 Å². The molecule has 5 saturated carbocycles. The van der Waals surface area contributed by atoms with E-state index < -0.39 is 17.8 Å². The van der Waals surface area contributed by atoms with Crippen molar-refractivity contribution in [2.24, 2.45) is 40.4 Å². The van der Waals surface area contributed by atoms with Crippen molar-refractivity contribution in [2.45, 2.75) is 75.9 Å². The SMILES string of the molecule is CCN1C[C@]2(C)CC[C@H](OC)[C@@]34[C@@H]5C[C@H]6[C@H](O)[C@@H]5[C@](O)(C[C@@H]6O)[C@@H](C[C@H]23)[C@@H]14. The molecule has 6 fully saturated rings. The summed E-state index contributed by atoms with van der Waals surface area (Å²) < 4.78 is 6.21. The quantitative estimate of drug-likeness (QED) is 0.676. The number of aliphatic hydroxyl groups is 3. The zero-order valence-corrected chi connectivity index (χ0v) is 16.8. The topological polar surface area (TPSA) is 73.2 Å². The average molecular weight is 378 g/mol. The maximum absolute atomic E-state index is 12.0. The number of fused-ring (bicyclic) bond motifs is 2. The van der Waals surface area contributed by atoms with E-state index in [2.05, 4.69) is 18.7 Å². The summed E-state index contributed by atoms with van der Waals surface area (Å²) in [7, 11) is 1.87. The van der Waals surface area contributed by atoms with Crippen molar-refractivity contribution in [3.05, 3.63) is 0 Å². The number of ether oxygens (including phenoxy) is 1. The number of methoxy groups -OCH3 is 1. The van der Waals surface area contributed by atoms with Crippen LogP contribution in [-0.4, -0.2) is 70.4 Å². The van der Waals surface area contributed by atoms with Gasteiger partial charge in [-0.2, -0.15) is 0 Å². The third-order valence-corrected chi connectivity index (χ3v) is 10.7. The second-order valence-electron chi connectivity index (χ2n) is 11.1. The summed E-state index contributed by atoms with van der Waals surface area (Å²) in [5.41, 5.74) is -0.634. The van der Waals surface area contributed by atoms with Crippen molar-refractivity contribution in [3.8, 4) is 0 Å². The lowest BCUT2D eigenvalue weighted by atomic mass is 9.43. The van der Waals surface area contributed by atoms with E-state index in [1.165, 1.54) is 6.42 Å². The van der Waals surface area contributed by atoms with Gasteiger partial charge in [-0.3, -0.25) is 4.90 Å².